The fourth-order valence-corrected chi connectivity index (χ4v) is 2.82. The van der Waals surface area contributed by atoms with Crippen LogP contribution in [-0.4, -0.2) is 29.2 Å². The Hall–Kier alpha value is -3.29. The molecule has 0 spiro atoms. The average Bonchev–Trinajstić information content (AvgIpc) is 2.85. The van der Waals surface area contributed by atoms with Gasteiger partial charge in [-0.2, -0.15) is 10.8 Å². The molecule has 0 fully saturated rings. The summed E-state index contributed by atoms with van der Waals surface area (Å²) in [6, 6.07) is 7.26. The maximum Gasteiger partial charge on any atom is 0.265 e. The number of quaternary nitrogens is 1. The molecular weight excluding hydrogens is 318 g/mol. The predicted molar refractivity (Wildman–Crippen MR) is 94.0 cm³/mol. The predicted octanol–water partition coefficient (Wildman–Crippen LogP) is 1.26. The van der Waals surface area contributed by atoms with Crippen molar-refractivity contribution < 1.29 is 14.1 Å². The number of hydrogen-bond donors (Lipinski definition) is 2. The molecule has 0 saturated carbocycles. The Bertz CT molecular complexity index is 952. The van der Waals surface area contributed by atoms with Crippen molar-refractivity contribution >= 4 is 18.0 Å². The third-order valence-electron chi connectivity index (χ3n) is 4.09. The standard InChI is InChI=1S/C18H15N5O2/c19-16(24)11-25-14-6-2-5-13(9-14)18-22-17(12-3-1-4-12)15-10-21-7-8-23(15,18)20/h1-10H,11,20H2,(H-,19,24)/p+1. The Kier molecular flexibility index (Phi) is 3.45. The van der Waals surface area contributed by atoms with Crippen LogP contribution in [0.2, 0.25) is 0 Å². The molecule has 3 aliphatic rings. The molecule has 0 radical (unpaired) electrons. The van der Waals surface area contributed by atoms with Crippen LogP contribution in [0, 0.1) is 0 Å². The summed E-state index contributed by atoms with van der Waals surface area (Å²) in [5.74, 6) is 7.27. The minimum absolute atomic E-state index is 0.0662. The van der Waals surface area contributed by atoms with E-state index in [-0.39, 0.29) is 11.2 Å². The molecule has 7 nitrogen and oxygen atoms in total. The van der Waals surface area contributed by atoms with Crippen LogP contribution in [0.4, 0.5) is 0 Å². The van der Waals surface area contributed by atoms with Crippen LogP contribution in [0.25, 0.3) is 0 Å². The Balaban J connectivity index is 1.73. The number of primary amides is 1. The lowest BCUT2D eigenvalue weighted by molar-refractivity contribution is -0.750. The van der Waals surface area contributed by atoms with Crippen molar-refractivity contribution in [2.24, 2.45) is 21.6 Å². The highest BCUT2D eigenvalue weighted by Crippen LogP contribution is 2.36. The van der Waals surface area contributed by atoms with E-state index in [1.807, 2.05) is 30.4 Å². The molecule has 0 bridgehead atoms. The van der Waals surface area contributed by atoms with Crippen molar-refractivity contribution in [1.82, 2.24) is 0 Å². The van der Waals surface area contributed by atoms with Gasteiger partial charge in [0.15, 0.2) is 6.61 Å². The number of nitrogens with zero attached hydrogens (tertiary/aromatic N) is 3. The molecule has 1 amide bonds. The van der Waals surface area contributed by atoms with Crippen LogP contribution in [0.1, 0.15) is 5.56 Å². The zero-order valence-electron chi connectivity index (χ0n) is 13.3. The Morgan fingerprint density at radius 3 is 2.88 bits per heavy atom. The molecule has 25 heavy (non-hydrogen) atoms. The number of ether oxygens (including phenoxy) is 1. The second kappa shape index (κ2) is 5.66. The number of amidine groups is 1. The quantitative estimate of drug-likeness (QED) is 0.626. The number of hydrogen-bond acceptors (Lipinski definition) is 5. The van der Waals surface area contributed by atoms with E-state index in [1.165, 1.54) is 0 Å². The van der Waals surface area contributed by atoms with Crippen LogP contribution in [0.5, 0.6) is 5.75 Å². The second-order valence-corrected chi connectivity index (χ2v) is 5.79. The maximum atomic E-state index is 10.9. The molecule has 1 aromatic rings. The van der Waals surface area contributed by atoms with Gasteiger partial charge in [-0.05, 0) is 18.2 Å². The molecule has 1 unspecified atom stereocenters. The molecule has 1 atom stereocenters. The molecule has 1 aliphatic carbocycles. The summed E-state index contributed by atoms with van der Waals surface area (Å²) in [5.41, 5.74) is 8.54. The third-order valence-corrected chi connectivity index (χ3v) is 4.09. The van der Waals surface area contributed by atoms with Crippen LogP contribution >= 0.6 is 0 Å². The van der Waals surface area contributed by atoms with Gasteiger partial charge >= 0.3 is 0 Å². The van der Waals surface area contributed by atoms with Crippen molar-refractivity contribution in [2.45, 2.75) is 0 Å². The van der Waals surface area contributed by atoms with E-state index in [0.29, 0.717) is 11.6 Å². The Morgan fingerprint density at radius 2 is 2.16 bits per heavy atom. The number of nitrogens with two attached hydrogens (primary N) is 2. The topological polar surface area (TPSA) is 103 Å². The molecule has 7 heteroatoms. The molecule has 1 aromatic carbocycles. The first-order valence-electron chi connectivity index (χ1n) is 7.70. The van der Waals surface area contributed by atoms with E-state index in [0.717, 1.165) is 22.5 Å². The Morgan fingerprint density at radius 1 is 1.32 bits per heavy atom. The first-order valence-corrected chi connectivity index (χ1v) is 7.70. The largest absolute Gasteiger partial charge is 0.484 e. The molecule has 2 aliphatic heterocycles. The van der Waals surface area contributed by atoms with Crippen LogP contribution in [-0.2, 0) is 4.79 Å². The summed E-state index contributed by atoms with van der Waals surface area (Å²) in [4.78, 5) is 19.9. The van der Waals surface area contributed by atoms with Crippen molar-refractivity contribution in [1.29, 1.82) is 0 Å². The molecular formula is C18H16N5O2+. The zero-order chi connectivity index (χ0) is 17.4. The molecule has 2 heterocycles. The van der Waals surface area contributed by atoms with Gasteiger partial charge in [0, 0.05) is 5.57 Å². The number of rotatable bonds is 5. The van der Waals surface area contributed by atoms with Crippen LogP contribution in [0.3, 0.4) is 0 Å². The van der Waals surface area contributed by atoms with E-state index < -0.39 is 5.91 Å². The zero-order valence-corrected chi connectivity index (χ0v) is 13.3. The van der Waals surface area contributed by atoms with Crippen LogP contribution in [0.15, 0.2) is 81.8 Å². The monoisotopic (exact) mass is 334 g/mol. The van der Waals surface area contributed by atoms with E-state index in [9.17, 15) is 4.79 Å². The van der Waals surface area contributed by atoms with E-state index >= 15 is 0 Å². The number of benzene rings is 1. The number of amides is 1. The van der Waals surface area contributed by atoms with Crippen molar-refractivity contribution in [2.75, 3.05) is 6.61 Å². The van der Waals surface area contributed by atoms with E-state index in [1.54, 1.807) is 30.7 Å². The second-order valence-electron chi connectivity index (χ2n) is 5.79. The highest BCUT2D eigenvalue weighted by atomic mass is 16.5. The normalized spacial score (nSPS) is 23.1. The van der Waals surface area contributed by atoms with Gasteiger partial charge in [-0.25, -0.2) is 0 Å². The summed E-state index contributed by atoms with van der Waals surface area (Å²) in [6.07, 6.45) is 11.1. The maximum absolute atomic E-state index is 10.9. The molecule has 124 valence electrons. The number of carbonyl (C=O) groups excluding carboxylic acids is 1. The van der Waals surface area contributed by atoms with Gasteiger partial charge < -0.3 is 10.5 Å². The number of fused-ring (bicyclic) bond motifs is 1. The molecule has 0 aromatic heterocycles. The van der Waals surface area contributed by atoms with Crippen molar-refractivity contribution in [3.8, 4) is 5.75 Å². The number of aliphatic imine (C=N–C) groups is 2. The summed E-state index contributed by atoms with van der Waals surface area (Å²) in [7, 11) is 0. The summed E-state index contributed by atoms with van der Waals surface area (Å²) in [6.45, 7) is -0.183. The minimum atomic E-state index is -0.531. The van der Waals surface area contributed by atoms with Gasteiger partial charge in [0.05, 0.1) is 18.0 Å². The Labute approximate surface area is 144 Å². The van der Waals surface area contributed by atoms with Gasteiger partial charge in [0.2, 0.25) is 5.70 Å². The highest BCUT2D eigenvalue weighted by molar-refractivity contribution is 6.01. The van der Waals surface area contributed by atoms with Crippen molar-refractivity contribution in [3.05, 3.63) is 77.4 Å². The summed E-state index contributed by atoms with van der Waals surface area (Å²) < 4.78 is 5.32. The molecule has 4 N–H and O–H groups in total. The SMILES string of the molecule is NC(=O)COc1cccc(C2=NC(C3=CC=C3)=C3C=NC=C[N+]23N)c1. The van der Waals surface area contributed by atoms with E-state index in [4.69, 9.17) is 21.3 Å². The summed E-state index contributed by atoms with van der Waals surface area (Å²) >= 11 is 0. The van der Waals surface area contributed by atoms with Gasteiger partial charge in [-0.1, -0.05) is 24.3 Å². The van der Waals surface area contributed by atoms with Gasteiger partial charge in [0.1, 0.15) is 17.6 Å². The molecule has 4 rings (SSSR count). The fraction of sp³-hybridized carbons (Fsp3) is 0.0556. The first-order chi connectivity index (χ1) is 12.1. The fourth-order valence-electron chi connectivity index (χ4n) is 2.82. The van der Waals surface area contributed by atoms with Gasteiger partial charge in [-0.3, -0.25) is 9.79 Å². The van der Waals surface area contributed by atoms with Gasteiger partial charge in [0.25, 0.3) is 11.7 Å². The highest BCUT2D eigenvalue weighted by Gasteiger charge is 2.44. The average molecular weight is 334 g/mol. The number of carbonyl (C=O) groups is 1. The minimum Gasteiger partial charge on any atom is -0.484 e. The van der Waals surface area contributed by atoms with Gasteiger partial charge in [-0.15, -0.1) is 4.59 Å². The lowest BCUT2D eigenvalue weighted by Gasteiger charge is -2.26. The lowest BCUT2D eigenvalue weighted by Crippen LogP contribution is -2.53. The smallest absolute Gasteiger partial charge is 0.265 e. The van der Waals surface area contributed by atoms with E-state index in [2.05, 4.69) is 4.99 Å². The lowest BCUT2D eigenvalue weighted by atomic mass is 10.0. The summed E-state index contributed by atoms with van der Waals surface area (Å²) in [5, 5.41) is 0. The van der Waals surface area contributed by atoms with Crippen LogP contribution < -0.4 is 16.3 Å². The third kappa shape index (κ3) is 2.51. The number of allylic oxidation sites excluding steroid dienone is 4. The first kappa shape index (κ1) is 15.3. The molecule has 0 saturated heterocycles. The van der Waals surface area contributed by atoms with Crippen molar-refractivity contribution in [3.63, 3.8) is 0 Å².